The highest BCUT2D eigenvalue weighted by atomic mass is 19.1. The molecule has 2 unspecified atom stereocenters. The molecule has 37 heavy (non-hydrogen) atoms. The maximum absolute atomic E-state index is 13.5. The van der Waals surface area contributed by atoms with Gasteiger partial charge in [-0.05, 0) is 41.5 Å². The lowest BCUT2D eigenvalue weighted by molar-refractivity contribution is 0.230. The minimum atomic E-state index is -0.249. The molecule has 4 aromatic rings. The van der Waals surface area contributed by atoms with Crippen LogP contribution in [0, 0.1) is 11.7 Å². The predicted octanol–water partition coefficient (Wildman–Crippen LogP) is 4.83. The number of pyridine rings is 2. The number of nitrogens with one attached hydrogen (secondary N) is 3. The van der Waals surface area contributed by atoms with E-state index in [1.54, 1.807) is 32.7 Å². The fraction of sp³-hybridized carbons (Fsp3) is 0.143. The Morgan fingerprint density at radius 3 is 2.68 bits per heavy atom. The van der Waals surface area contributed by atoms with E-state index in [1.807, 2.05) is 30.3 Å². The number of H-pyrrole nitrogens is 1. The van der Waals surface area contributed by atoms with Crippen molar-refractivity contribution < 1.29 is 9.18 Å². The molecule has 1 aliphatic heterocycles. The standard InChI is InChI=1S/C28H24FN7O/c1-36(2)28(37)32-20-10-17(13-30-15-20)18-11-23-26(34-35-27(23)31-14-18)25-12-22-21(4-3-5-24(22)33-25)16-6-8-19(29)9-7-16/h3-15,22,24,33H,1-2H3,(H,32,37)(H,31,34,35). The summed E-state index contributed by atoms with van der Waals surface area (Å²) in [5.41, 5.74) is 6.77. The zero-order valence-electron chi connectivity index (χ0n) is 20.2. The Morgan fingerprint density at radius 2 is 1.86 bits per heavy atom. The van der Waals surface area contributed by atoms with Gasteiger partial charge in [0.25, 0.3) is 0 Å². The van der Waals surface area contributed by atoms with E-state index in [0.29, 0.717) is 11.3 Å². The summed E-state index contributed by atoms with van der Waals surface area (Å²) in [7, 11) is 3.36. The molecule has 6 rings (SSSR count). The van der Waals surface area contributed by atoms with Crippen molar-refractivity contribution in [3.63, 3.8) is 0 Å². The topological polar surface area (TPSA) is 98.8 Å². The van der Waals surface area contributed by atoms with Gasteiger partial charge in [-0.3, -0.25) is 10.1 Å². The minimum absolute atomic E-state index is 0.0794. The first kappa shape index (κ1) is 22.7. The molecule has 2 atom stereocenters. The maximum atomic E-state index is 13.5. The summed E-state index contributed by atoms with van der Waals surface area (Å²) in [6, 6.07) is 10.3. The van der Waals surface area contributed by atoms with Gasteiger partial charge in [0.2, 0.25) is 0 Å². The van der Waals surface area contributed by atoms with Crippen LogP contribution in [0.15, 0.2) is 79.3 Å². The number of fused-ring (bicyclic) bond motifs is 2. The van der Waals surface area contributed by atoms with E-state index in [1.165, 1.54) is 17.0 Å². The molecule has 2 aliphatic rings. The third-order valence-corrected chi connectivity index (χ3v) is 6.59. The molecule has 4 heterocycles. The molecule has 1 aliphatic carbocycles. The zero-order chi connectivity index (χ0) is 25.5. The van der Waals surface area contributed by atoms with Crippen molar-refractivity contribution >= 4 is 34.0 Å². The Labute approximate surface area is 212 Å². The predicted molar refractivity (Wildman–Crippen MR) is 142 cm³/mol. The van der Waals surface area contributed by atoms with Crippen LogP contribution in [-0.4, -0.2) is 51.2 Å². The average molecular weight is 494 g/mol. The number of benzene rings is 1. The van der Waals surface area contributed by atoms with Gasteiger partial charge in [0.05, 0.1) is 29.3 Å². The summed E-state index contributed by atoms with van der Waals surface area (Å²) < 4.78 is 13.5. The van der Waals surface area contributed by atoms with Crippen molar-refractivity contribution in [1.82, 2.24) is 30.4 Å². The van der Waals surface area contributed by atoms with Gasteiger partial charge in [0.1, 0.15) is 5.82 Å². The highest BCUT2D eigenvalue weighted by Crippen LogP contribution is 2.38. The molecule has 0 spiro atoms. The van der Waals surface area contributed by atoms with Crippen LogP contribution in [0.3, 0.4) is 0 Å². The number of hydrogen-bond acceptors (Lipinski definition) is 5. The van der Waals surface area contributed by atoms with E-state index >= 15 is 0 Å². The smallest absolute Gasteiger partial charge is 0.321 e. The first-order valence-electron chi connectivity index (χ1n) is 11.9. The Bertz CT molecular complexity index is 1600. The molecular weight excluding hydrogens is 469 g/mol. The summed E-state index contributed by atoms with van der Waals surface area (Å²) in [6.07, 6.45) is 13.5. The Hall–Kier alpha value is -4.79. The summed E-state index contributed by atoms with van der Waals surface area (Å²) >= 11 is 0. The fourth-order valence-electron chi connectivity index (χ4n) is 4.69. The lowest BCUT2D eigenvalue weighted by Crippen LogP contribution is -2.28. The molecule has 0 fully saturated rings. The minimum Gasteiger partial charge on any atom is -0.376 e. The van der Waals surface area contributed by atoms with Crippen molar-refractivity contribution in [3.8, 4) is 11.1 Å². The van der Waals surface area contributed by atoms with Crippen LogP contribution in [0.1, 0.15) is 11.3 Å². The number of hydrogen-bond donors (Lipinski definition) is 3. The number of halogens is 1. The quantitative estimate of drug-likeness (QED) is 0.378. The van der Waals surface area contributed by atoms with Crippen molar-refractivity contribution in [2.75, 3.05) is 19.4 Å². The van der Waals surface area contributed by atoms with E-state index in [0.717, 1.165) is 39.0 Å². The number of carbonyl (C=O) groups is 1. The lowest BCUT2D eigenvalue weighted by Gasteiger charge is -2.23. The maximum Gasteiger partial charge on any atom is 0.321 e. The number of aromatic nitrogens is 4. The number of urea groups is 1. The Morgan fingerprint density at radius 1 is 1.05 bits per heavy atom. The number of allylic oxidation sites excluding steroid dienone is 2. The van der Waals surface area contributed by atoms with Gasteiger partial charge in [0, 0.05) is 48.9 Å². The van der Waals surface area contributed by atoms with E-state index < -0.39 is 0 Å². The molecule has 0 bridgehead atoms. The van der Waals surface area contributed by atoms with Crippen LogP contribution < -0.4 is 10.6 Å². The molecule has 8 nitrogen and oxygen atoms in total. The molecule has 3 N–H and O–H groups in total. The van der Waals surface area contributed by atoms with Crippen molar-refractivity contribution in [3.05, 3.63) is 96.4 Å². The highest BCUT2D eigenvalue weighted by Gasteiger charge is 2.32. The van der Waals surface area contributed by atoms with E-state index in [-0.39, 0.29) is 23.8 Å². The van der Waals surface area contributed by atoms with Gasteiger partial charge >= 0.3 is 6.03 Å². The third kappa shape index (κ3) is 4.24. The largest absolute Gasteiger partial charge is 0.376 e. The lowest BCUT2D eigenvalue weighted by atomic mass is 9.85. The molecule has 2 amide bonds. The van der Waals surface area contributed by atoms with Gasteiger partial charge < -0.3 is 15.5 Å². The summed E-state index contributed by atoms with van der Waals surface area (Å²) in [5.74, 6) is -0.151. The first-order valence-corrected chi connectivity index (χ1v) is 11.9. The monoisotopic (exact) mass is 493 g/mol. The third-order valence-electron chi connectivity index (χ3n) is 6.59. The molecule has 184 valence electrons. The highest BCUT2D eigenvalue weighted by molar-refractivity contribution is 5.93. The molecular formula is C28H24FN7O. The summed E-state index contributed by atoms with van der Waals surface area (Å²) in [5, 5.41) is 14.8. The molecule has 9 heteroatoms. The number of aromatic amines is 1. The second-order valence-corrected chi connectivity index (χ2v) is 9.27. The number of carbonyl (C=O) groups excluding carboxylic acids is 1. The SMILES string of the molecule is CN(C)C(=O)Nc1cncc(-c2cnc3n[nH]c(C4=CC5C(c6ccc(F)cc6)=CC=CC5N4)c3c2)c1. The van der Waals surface area contributed by atoms with Gasteiger partial charge in [-0.1, -0.05) is 30.4 Å². The van der Waals surface area contributed by atoms with Crippen molar-refractivity contribution in [2.24, 2.45) is 5.92 Å². The van der Waals surface area contributed by atoms with Crippen molar-refractivity contribution in [2.45, 2.75) is 6.04 Å². The Kier molecular flexibility index (Phi) is 5.52. The molecule has 0 radical (unpaired) electrons. The van der Waals surface area contributed by atoms with Crippen LogP contribution in [-0.2, 0) is 0 Å². The van der Waals surface area contributed by atoms with E-state index in [9.17, 15) is 9.18 Å². The van der Waals surface area contributed by atoms with Gasteiger partial charge in [-0.2, -0.15) is 5.10 Å². The van der Waals surface area contributed by atoms with E-state index in [4.69, 9.17) is 0 Å². The zero-order valence-corrected chi connectivity index (χ0v) is 20.2. The fourth-order valence-corrected chi connectivity index (χ4v) is 4.69. The van der Waals surface area contributed by atoms with Gasteiger partial charge in [0.15, 0.2) is 5.65 Å². The second-order valence-electron chi connectivity index (χ2n) is 9.27. The number of amides is 2. The van der Waals surface area contributed by atoms with Crippen LogP contribution in [0.2, 0.25) is 0 Å². The van der Waals surface area contributed by atoms with Crippen LogP contribution in [0.5, 0.6) is 0 Å². The number of nitrogens with zero attached hydrogens (tertiary/aromatic N) is 4. The van der Waals surface area contributed by atoms with Gasteiger partial charge in [-0.15, -0.1) is 0 Å². The number of rotatable bonds is 4. The molecule has 3 aromatic heterocycles. The van der Waals surface area contributed by atoms with Crippen LogP contribution >= 0.6 is 0 Å². The first-order chi connectivity index (χ1) is 18.0. The summed E-state index contributed by atoms with van der Waals surface area (Å²) in [6.45, 7) is 0. The van der Waals surface area contributed by atoms with Crippen LogP contribution in [0.4, 0.5) is 14.9 Å². The number of anilines is 1. The van der Waals surface area contributed by atoms with E-state index in [2.05, 4.69) is 49.0 Å². The molecule has 0 saturated carbocycles. The molecule has 1 aromatic carbocycles. The summed E-state index contributed by atoms with van der Waals surface area (Å²) in [4.78, 5) is 22.3. The second kappa shape index (κ2) is 9.02. The average Bonchev–Trinajstić information content (AvgIpc) is 3.53. The Balaban J connectivity index is 1.33. The van der Waals surface area contributed by atoms with Crippen LogP contribution in [0.25, 0.3) is 33.4 Å². The van der Waals surface area contributed by atoms with Crippen molar-refractivity contribution in [1.29, 1.82) is 0 Å². The van der Waals surface area contributed by atoms with Gasteiger partial charge in [-0.25, -0.2) is 14.2 Å². The normalized spacial score (nSPS) is 18.1. The molecule has 0 saturated heterocycles.